The standard InChI is InChI=1S/C28H38N4OS/c1-22-11-13-24(14-12-22)20-32-18-17-31(21-28(32)15-7-4-8-16-28)27(34)29-19-26(33)30-23(2)25-9-5-3-6-10-25/h3,5-6,9-14,23H,4,7-8,15-21H2,1-2H3,(H,29,34)(H,30,33). The SMILES string of the molecule is Cc1ccc(CN2CCN(C(=S)NCC(=O)NC(C)c3ccccc3)CC23CCCCC3)cc1. The summed E-state index contributed by atoms with van der Waals surface area (Å²) in [6.07, 6.45) is 6.30. The van der Waals surface area contributed by atoms with Gasteiger partial charge < -0.3 is 15.5 Å². The van der Waals surface area contributed by atoms with Gasteiger partial charge in [-0.05, 0) is 50.0 Å². The molecule has 4 rings (SSSR count). The van der Waals surface area contributed by atoms with Gasteiger partial charge in [-0.3, -0.25) is 9.69 Å². The lowest BCUT2D eigenvalue weighted by atomic mass is 9.78. The molecule has 1 heterocycles. The summed E-state index contributed by atoms with van der Waals surface area (Å²) in [6, 6.07) is 18.9. The van der Waals surface area contributed by atoms with Gasteiger partial charge in [0.25, 0.3) is 0 Å². The van der Waals surface area contributed by atoms with Crippen LogP contribution >= 0.6 is 12.2 Å². The second kappa shape index (κ2) is 11.3. The highest BCUT2D eigenvalue weighted by Gasteiger charge is 2.42. The van der Waals surface area contributed by atoms with E-state index in [2.05, 4.69) is 51.6 Å². The fraction of sp³-hybridized carbons (Fsp3) is 0.500. The number of carbonyl (C=O) groups is 1. The van der Waals surface area contributed by atoms with Crippen LogP contribution in [0.25, 0.3) is 0 Å². The number of nitrogens with one attached hydrogen (secondary N) is 2. The topological polar surface area (TPSA) is 47.6 Å². The minimum Gasteiger partial charge on any atom is -0.353 e. The van der Waals surface area contributed by atoms with Crippen molar-refractivity contribution in [1.29, 1.82) is 0 Å². The maximum atomic E-state index is 12.5. The summed E-state index contributed by atoms with van der Waals surface area (Å²) in [6.45, 7) is 8.16. The zero-order chi connectivity index (χ0) is 24.0. The number of piperazine rings is 1. The molecule has 1 unspecified atom stereocenters. The molecule has 2 aromatic rings. The average molecular weight is 479 g/mol. The first kappa shape index (κ1) is 24.7. The predicted octanol–water partition coefficient (Wildman–Crippen LogP) is 4.57. The van der Waals surface area contributed by atoms with Crippen LogP contribution in [0.5, 0.6) is 0 Å². The Morgan fingerprint density at radius 3 is 2.44 bits per heavy atom. The lowest BCUT2D eigenvalue weighted by Gasteiger charge is -2.53. The van der Waals surface area contributed by atoms with Crippen LogP contribution in [0.1, 0.15) is 61.8 Å². The molecule has 182 valence electrons. The van der Waals surface area contributed by atoms with Crippen molar-refractivity contribution in [3.8, 4) is 0 Å². The van der Waals surface area contributed by atoms with Gasteiger partial charge in [-0.1, -0.05) is 79.4 Å². The van der Waals surface area contributed by atoms with Crippen molar-refractivity contribution in [2.75, 3.05) is 26.2 Å². The second-order valence-electron chi connectivity index (χ2n) is 9.97. The molecular weight excluding hydrogens is 440 g/mol. The van der Waals surface area contributed by atoms with Crippen LogP contribution < -0.4 is 10.6 Å². The summed E-state index contributed by atoms with van der Waals surface area (Å²) in [7, 11) is 0. The summed E-state index contributed by atoms with van der Waals surface area (Å²) in [5, 5.41) is 6.99. The molecule has 1 spiro atoms. The van der Waals surface area contributed by atoms with Crippen LogP contribution in [0.15, 0.2) is 54.6 Å². The first-order chi connectivity index (χ1) is 16.4. The highest BCUT2D eigenvalue weighted by Crippen LogP contribution is 2.37. The fourth-order valence-electron chi connectivity index (χ4n) is 5.42. The Bertz CT molecular complexity index is 956. The van der Waals surface area contributed by atoms with E-state index in [-0.39, 0.29) is 24.0 Å². The molecule has 2 aliphatic rings. The number of thiocarbonyl (C=S) groups is 1. The average Bonchev–Trinajstić information content (AvgIpc) is 2.86. The molecule has 2 aromatic carbocycles. The van der Waals surface area contributed by atoms with Crippen molar-refractivity contribution in [3.63, 3.8) is 0 Å². The normalized spacial score (nSPS) is 18.9. The van der Waals surface area contributed by atoms with Crippen molar-refractivity contribution >= 4 is 23.2 Å². The van der Waals surface area contributed by atoms with Crippen LogP contribution in [0, 0.1) is 6.92 Å². The molecule has 5 nitrogen and oxygen atoms in total. The molecule has 2 fully saturated rings. The minimum absolute atomic E-state index is 0.0279. The van der Waals surface area contributed by atoms with E-state index in [1.165, 1.54) is 43.2 Å². The van der Waals surface area contributed by atoms with Crippen molar-refractivity contribution < 1.29 is 4.79 Å². The number of carbonyl (C=O) groups excluding carboxylic acids is 1. The van der Waals surface area contributed by atoms with E-state index in [9.17, 15) is 4.79 Å². The molecule has 1 atom stereocenters. The molecule has 1 amide bonds. The molecule has 6 heteroatoms. The molecule has 1 saturated carbocycles. The van der Waals surface area contributed by atoms with Gasteiger partial charge in [0.1, 0.15) is 0 Å². The van der Waals surface area contributed by atoms with Gasteiger partial charge in [-0.25, -0.2) is 0 Å². The van der Waals surface area contributed by atoms with E-state index < -0.39 is 0 Å². The molecule has 34 heavy (non-hydrogen) atoms. The lowest BCUT2D eigenvalue weighted by Crippen LogP contribution is -2.64. The van der Waals surface area contributed by atoms with Gasteiger partial charge in [0.15, 0.2) is 5.11 Å². The molecule has 0 radical (unpaired) electrons. The summed E-state index contributed by atoms with van der Waals surface area (Å²) in [4.78, 5) is 17.5. The van der Waals surface area contributed by atoms with Crippen LogP contribution in [-0.2, 0) is 11.3 Å². The maximum absolute atomic E-state index is 12.5. The maximum Gasteiger partial charge on any atom is 0.239 e. The highest BCUT2D eigenvalue weighted by atomic mass is 32.1. The number of amides is 1. The van der Waals surface area contributed by atoms with Crippen molar-refractivity contribution in [2.24, 2.45) is 0 Å². The van der Waals surface area contributed by atoms with E-state index in [1.807, 2.05) is 37.3 Å². The van der Waals surface area contributed by atoms with Gasteiger partial charge in [0.05, 0.1) is 12.6 Å². The molecule has 0 aromatic heterocycles. The molecule has 0 bridgehead atoms. The fourth-order valence-corrected chi connectivity index (χ4v) is 5.64. The number of benzene rings is 2. The Morgan fingerprint density at radius 2 is 1.74 bits per heavy atom. The monoisotopic (exact) mass is 478 g/mol. The summed E-state index contributed by atoms with van der Waals surface area (Å²) < 4.78 is 0. The third kappa shape index (κ3) is 6.16. The summed E-state index contributed by atoms with van der Waals surface area (Å²) >= 11 is 5.75. The van der Waals surface area contributed by atoms with Crippen LogP contribution in [0.2, 0.25) is 0 Å². The molecular formula is C28H38N4OS. The molecule has 2 N–H and O–H groups in total. The molecule has 1 aliphatic carbocycles. The van der Waals surface area contributed by atoms with Crippen LogP contribution in [-0.4, -0.2) is 52.5 Å². The third-order valence-electron chi connectivity index (χ3n) is 7.44. The Labute approximate surface area is 209 Å². The van der Waals surface area contributed by atoms with Gasteiger partial charge in [0, 0.05) is 31.7 Å². The first-order valence-electron chi connectivity index (χ1n) is 12.6. The number of hydrogen-bond donors (Lipinski definition) is 2. The van der Waals surface area contributed by atoms with E-state index in [1.54, 1.807) is 0 Å². The predicted molar refractivity (Wildman–Crippen MR) is 143 cm³/mol. The zero-order valence-electron chi connectivity index (χ0n) is 20.6. The first-order valence-corrected chi connectivity index (χ1v) is 13.0. The Morgan fingerprint density at radius 1 is 1.03 bits per heavy atom. The van der Waals surface area contributed by atoms with Crippen molar-refractivity contribution in [1.82, 2.24) is 20.4 Å². The van der Waals surface area contributed by atoms with Gasteiger partial charge in [-0.2, -0.15) is 0 Å². The Kier molecular flexibility index (Phi) is 8.22. The lowest BCUT2D eigenvalue weighted by molar-refractivity contribution is -0.120. The van der Waals surface area contributed by atoms with Gasteiger partial charge in [-0.15, -0.1) is 0 Å². The number of hydrogen-bond acceptors (Lipinski definition) is 3. The third-order valence-corrected chi connectivity index (χ3v) is 7.84. The van der Waals surface area contributed by atoms with Gasteiger partial charge in [0.2, 0.25) is 5.91 Å². The summed E-state index contributed by atoms with van der Waals surface area (Å²) in [5.41, 5.74) is 3.95. The van der Waals surface area contributed by atoms with Crippen molar-refractivity contribution in [2.45, 2.75) is 64.1 Å². The zero-order valence-corrected chi connectivity index (χ0v) is 21.4. The number of aryl methyl sites for hydroxylation is 1. The van der Waals surface area contributed by atoms with Crippen LogP contribution in [0.4, 0.5) is 0 Å². The Balaban J connectivity index is 1.33. The largest absolute Gasteiger partial charge is 0.353 e. The minimum atomic E-state index is -0.0379. The van der Waals surface area contributed by atoms with Crippen molar-refractivity contribution in [3.05, 3.63) is 71.3 Å². The van der Waals surface area contributed by atoms with E-state index in [0.717, 1.165) is 31.7 Å². The summed E-state index contributed by atoms with van der Waals surface area (Å²) in [5.74, 6) is -0.0379. The molecule has 1 saturated heterocycles. The van der Waals surface area contributed by atoms with Gasteiger partial charge >= 0.3 is 0 Å². The molecule has 1 aliphatic heterocycles. The quantitative estimate of drug-likeness (QED) is 0.596. The van der Waals surface area contributed by atoms with E-state index in [4.69, 9.17) is 12.2 Å². The van der Waals surface area contributed by atoms with E-state index in [0.29, 0.717) is 5.11 Å². The number of rotatable bonds is 6. The van der Waals surface area contributed by atoms with Crippen LogP contribution in [0.3, 0.4) is 0 Å². The van der Waals surface area contributed by atoms with E-state index >= 15 is 0 Å². The smallest absolute Gasteiger partial charge is 0.239 e. The highest BCUT2D eigenvalue weighted by molar-refractivity contribution is 7.80. The number of nitrogens with zero attached hydrogens (tertiary/aromatic N) is 2. The second-order valence-corrected chi connectivity index (χ2v) is 10.4. The Hall–Kier alpha value is -2.44.